The average Bonchev–Trinajstić information content (AvgIpc) is 2.89. The number of nitrogens with one attached hydrogen (secondary N) is 2. The molecule has 2 rings (SSSR count). The van der Waals surface area contributed by atoms with E-state index in [0.717, 1.165) is 11.8 Å². The Morgan fingerprint density at radius 2 is 2.41 bits per heavy atom. The van der Waals surface area contributed by atoms with Gasteiger partial charge in [-0.25, -0.2) is 4.98 Å². The molecule has 0 radical (unpaired) electrons. The lowest BCUT2D eigenvalue weighted by atomic mass is 10.2. The summed E-state index contributed by atoms with van der Waals surface area (Å²) in [5.41, 5.74) is 0. The maximum absolute atomic E-state index is 4.33. The minimum atomic E-state index is 0.392. The predicted octanol–water partition coefficient (Wildman–Crippen LogP) is 2.28. The molecule has 1 aromatic heterocycles. The van der Waals surface area contributed by atoms with Gasteiger partial charge in [-0.1, -0.05) is 0 Å². The zero-order chi connectivity index (χ0) is 11.9. The van der Waals surface area contributed by atoms with Crippen LogP contribution in [0.1, 0.15) is 30.8 Å². The number of nitrogens with zero attached hydrogens (tertiary/aromatic N) is 1. The first-order valence-corrected chi connectivity index (χ1v) is 8.24. The van der Waals surface area contributed by atoms with Crippen LogP contribution in [0.4, 0.5) is 0 Å². The van der Waals surface area contributed by atoms with E-state index < -0.39 is 0 Å². The summed E-state index contributed by atoms with van der Waals surface area (Å²) < 4.78 is 0. The van der Waals surface area contributed by atoms with Gasteiger partial charge < -0.3 is 10.6 Å². The highest BCUT2D eigenvalue weighted by molar-refractivity contribution is 7.99. The van der Waals surface area contributed by atoms with Crippen molar-refractivity contribution in [1.82, 2.24) is 15.6 Å². The molecule has 3 nitrogen and oxygen atoms in total. The molecule has 0 saturated carbocycles. The summed E-state index contributed by atoms with van der Waals surface area (Å²) in [6.45, 7) is 5.66. The van der Waals surface area contributed by atoms with Gasteiger partial charge in [0.1, 0.15) is 5.01 Å². The molecular weight excluding hydrogens is 250 g/mol. The van der Waals surface area contributed by atoms with Gasteiger partial charge in [-0.05, 0) is 32.9 Å². The van der Waals surface area contributed by atoms with Crippen molar-refractivity contribution in [2.24, 2.45) is 0 Å². The Kier molecular flexibility index (Phi) is 5.77. The Morgan fingerprint density at radius 1 is 1.59 bits per heavy atom. The fourth-order valence-corrected chi connectivity index (χ4v) is 3.81. The van der Waals surface area contributed by atoms with Crippen LogP contribution in [0.3, 0.4) is 0 Å². The minimum absolute atomic E-state index is 0.392. The first kappa shape index (κ1) is 13.3. The van der Waals surface area contributed by atoms with Gasteiger partial charge in [-0.2, -0.15) is 11.8 Å². The number of piperidine rings is 1. The quantitative estimate of drug-likeness (QED) is 0.778. The molecule has 0 aliphatic carbocycles. The molecule has 0 aromatic carbocycles. The minimum Gasteiger partial charge on any atom is -0.317 e. The van der Waals surface area contributed by atoms with Gasteiger partial charge >= 0.3 is 0 Å². The first-order chi connectivity index (χ1) is 8.36. The third-order valence-corrected chi connectivity index (χ3v) is 5.36. The Morgan fingerprint density at radius 3 is 3.12 bits per heavy atom. The highest BCUT2D eigenvalue weighted by atomic mass is 32.2. The lowest BCUT2D eigenvalue weighted by Crippen LogP contribution is -2.30. The maximum atomic E-state index is 4.33. The smallest absolute Gasteiger partial charge is 0.109 e. The molecule has 0 amide bonds. The molecule has 0 bridgehead atoms. The summed E-state index contributed by atoms with van der Waals surface area (Å²) in [6, 6.07) is 0.392. The highest BCUT2D eigenvalue weighted by Gasteiger charge is 2.13. The van der Waals surface area contributed by atoms with Gasteiger partial charge in [-0.15, -0.1) is 11.3 Å². The van der Waals surface area contributed by atoms with E-state index in [0.29, 0.717) is 6.04 Å². The Hall–Kier alpha value is -0.100. The third-order valence-electron chi connectivity index (χ3n) is 3.01. The van der Waals surface area contributed by atoms with Crippen molar-refractivity contribution in [3.05, 3.63) is 16.6 Å². The largest absolute Gasteiger partial charge is 0.317 e. The Labute approximate surface area is 112 Å². The van der Waals surface area contributed by atoms with Crippen LogP contribution in [0, 0.1) is 0 Å². The number of hydrogen-bond acceptors (Lipinski definition) is 5. The first-order valence-electron chi connectivity index (χ1n) is 6.31. The summed E-state index contributed by atoms with van der Waals surface area (Å²) in [5.74, 6) is 1.21. The van der Waals surface area contributed by atoms with Gasteiger partial charge in [0.15, 0.2) is 0 Å². The van der Waals surface area contributed by atoms with Gasteiger partial charge in [0, 0.05) is 29.1 Å². The summed E-state index contributed by atoms with van der Waals surface area (Å²) in [6.07, 6.45) is 4.53. The fraction of sp³-hybridized carbons (Fsp3) is 0.750. The molecule has 1 unspecified atom stereocenters. The van der Waals surface area contributed by atoms with Crippen LogP contribution in [-0.4, -0.2) is 35.6 Å². The van der Waals surface area contributed by atoms with Crippen LogP contribution in [0.25, 0.3) is 0 Å². The van der Waals surface area contributed by atoms with Crippen LogP contribution in [-0.2, 0) is 0 Å². The molecule has 1 saturated heterocycles. The van der Waals surface area contributed by atoms with Crippen molar-refractivity contribution >= 4 is 23.1 Å². The number of rotatable bonds is 6. The van der Waals surface area contributed by atoms with E-state index in [1.54, 1.807) is 11.3 Å². The predicted molar refractivity (Wildman–Crippen MR) is 76.9 cm³/mol. The molecule has 1 aliphatic rings. The standard InChI is InChI=1S/C12H21N3S2/c1-10(12-15-7-9-17-12)14-6-8-16-11-2-4-13-5-3-11/h7,9-11,13-14H,2-6,8H2,1H3. The second-order valence-corrected chi connectivity index (χ2v) is 6.70. The second kappa shape index (κ2) is 7.36. The van der Waals surface area contributed by atoms with Crippen molar-refractivity contribution in [2.45, 2.75) is 31.1 Å². The van der Waals surface area contributed by atoms with E-state index in [2.05, 4.69) is 34.3 Å². The van der Waals surface area contributed by atoms with Crippen molar-refractivity contribution in [2.75, 3.05) is 25.4 Å². The SMILES string of the molecule is CC(NCCSC1CCNCC1)c1nccs1. The summed E-state index contributed by atoms with van der Waals surface area (Å²) in [4.78, 5) is 4.33. The van der Waals surface area contributed by atoms with Crippen molar-refractivity contribution < 1.29 is 0 Å². The van der Waals surface area contributed by atoms with Crippen LogP contribution < -0.4 is 10.6 Å². The zero-order valence-corrected chi connectivity index (χ0v) is 11.9. The normalized spacial score (nSPS) is 19.4. The molecule has 2 heterocycles. The van der Waals surface area contributed by atoms with E-state index >= 15 is 0 Å². The van der Waals surface area contributed by atoms with Crippen molar-refractivity contribution in [3.8, 4) is 0 Å². The van der Waals surface area contributed by atoms with Crippen molar-refractivity contribution in [1.29, 1.82) is 0 Å². The molecule has 0 spiro atoms. The van der Waals surface area contributed by atoms with Crippen LogP contribution >= 0.6 is 23.1 Å². The molecule has 2 N–H and O–H groups in total. The third kappa shape index (κ3) is 4.58. The summed E-state index contributed by atoms with van der Waals surface area (Å²) >= 11 is 3.85. The van der Waals surface area contributed by atoms with E-state index in [-0.39, 0.29) is 0 Å². The summed E-state index contributed by atoms with van der Waals surface area (Å²) in [5, 5.41) is 11.0. The number of hydrogen-bond donors (Lipinski definition) is 2. The average molecular weight is 271 g/mol. The van der Waals surface area contributed by atoms with Crippen molar-refractivity contribution in [3.63, 3.8) is 0 Å². The van der Waals surface area contributed by atoms with Gasteiger partial charge in [-0.3, -0.25) is 0 Å². The molecule has 1 fully saturated rings. The highest BCUT2D eigenvalue weighted by Crippen LogP contribution is 2.20. The topological polar surface area (TPSA) is 37.0 Å². The monoisotopic (exact) mass is 271 g/mol. The second-order valence-electron chi connectivity index (χ2n) is 4.37. The number of thiazole rings is 1. The molecule has 1 aliphatic heterocycles. The Bertz CT molecular complexity index is 297. The molecule has 1 atom stereocenters. The molecule has 17 heavy (non-hydrogen) atoms. The maximum Gasteiger partial charge on any atom is 0.109 e. The summed E-state index contributed by atoms with van der Waals surface area (Å²) in [7, 11) is 0. The fourth-order valence-electron chi connectivity index (χ4n) is 2.00. The molecule has 5 heteroatoms. The van der Waals surface area contributed by atoms with Gasteiger partial charge in [0.05, 0.1) is 6.04 Å². The van der Waals surface area contributed by atoms with E-state index in [1.165, 1.54) is 36.7 Å². The van der Waals surface area contributed by atoms with Gasteiger partial charge in [0.25, 0.3) is 0 Å². The van der Waals surface area contributed by atoms with Crippen LogP contribution in [0.15, 0.2) is 11.6 Å². The van der Waals surface area contributed by atoms with Crippen LogP contribution in [0.5, 0.6) is 0 Å². The Balaban J connectivity index is 1.56. The van der Waals surface area contributed by atoms with E-state index in [1.807, 2.05) is 11.6 Å². The molecular formula is C12H21N3S2. The van der Waals surface area contributed by atoms with E-state index in [4.69, 9.17) is 0 Å². The van der Waals surface area contributed by atoms with Gasteiger partial charge in [0.2, 0.25) is 0 Å². The molecule has 96 valence electrons. The van der Waals surface area contributed by atoms with E-state index in [9.17, 15) is 0 Å². The molecule has 1 aromatic rings. The lowest BCUT2D eigenvalue weighted by Gasteiger charge is -2.22. The zero-order valence-electron chi connectivity index (χ0n) is 10.3. The number of thioether (sulfide) groups is 1. The van der Waals surface area contributed by atoms with Crippen LogP contribution in [0.2, 0.25) is 0 Å². The number of aromatic nitrogens is 1. The lowest BCUT2D eigenvalue weighted by molar-refractivity contribution is 0.530.